The Labute approximate surface area is 103 Å². The summed E-state index contributed by atoms with van der Waals surface area (Å²) in [5, 5.41) is 0. The van der Waals surface area contributed by atoms with Crippen LogP contribution in [0.4, 0.5) is 0 Å². The normalized spacial score (nSPS) is 13.3. The number of nitrogens with zero attached hydrogens (tertiary/aromatic N) is 1. The molecule has 88 valence electrons. The molecule has 1 aromatic carbocycles. The maximum atomic E-state index is 11.8. The molecule has 1 aliphatic heterocycles. The Morgan fingerprint density at radius 3 is 2.94 bits per heavy atom. The third-order valence-electron chi connectivity index (χ3n) is 3.00. The van der Waals surface area contributed by atoms with E-state index < -0.39 is 0 Å². The van der Waals surface area contributed by atoms with E-state index in [4.69, 9.17) is 0 Å². The van der Waals surface area contributed by atoms with E-state index in [2.05, 4.69) is 30.9 Å². The minimum atomic E-state index is 0.140. The van der Waals surface area contributed by atoms with E-state index >= 15 is 0 Å². The van der Waals surface area contributed by atoms with Crippen LogP contribution < -0.4 is 0 Å². The van der Waals surface area contributed by atoms with Crippen molar-refractivity contribution in [2.24, 2.45) is 0 Å². The standard InChI is InChI=1S/C15H17NO/c1-3-4-5-6-7-12-8-9-13-11-16(2)15(17)14(13)10-12/h8-10H,3,6-7,11H2,1-2H3. The second-order valence-electron chi connectivity index (χ2n) is 4.36. The Hall–Kier alpha value is -1.75. The van der Waals surface area contributed by atoms with Crippen molar-refractivity contribution in [3.63, 3.8) is 0 Å². The molecule has 1 aromatic rings. The van der Waals surface area contributed by atoms with E-state index in [0.717, 1.165) is 36.9 Å². The van der Waals surface area contributed by atoms with Crippen LogP contribution in [-0.2, 0) is 13.0 Å². The van der Waals surface area contributed by atoms with E-state index in [0.29, 0.717) is 0 Å². The van der Waals surface area contributed by atoms with Crippen LogP contribution in [0, 0.1) is 11.8 Å². The van der Waals surface area contributed by atoms with Gasteiger partial charge in [-0.05, 0) is 23.6 Å². The number of rotatable bonds is 2. The minimum absolute atomic E-state index is 0.140. The number of carbonyl (C=O) groups is 1. The lowest BCUT2D eigenvalue weighted by Gasteiger charge is -2.04. The molecule has 0 radical (unpaired) electrons. The number of hydrogen-bond donors (Lipinski definition) is 0. The summed E-state index contributed by atoms with van der Waals surface area (Å²) in [5.74, 6) is 6.33. The fourth-order valence-corrected chi connectivity index (χ4v) is 2.07. The lowest BCUT2D eigenvalue weighted by atomic mass is 10.0. The van der Waals surface area contributed by atoms with Gasteiger partial charge < -0.3 is 4.90 Å². The third kappa shape index (κ3) is 2.50. The van der Waals surface area contributed by atoms with Crippen LogP contribution in [0.15, 0.2) is 18.2 Å². The van der Waals surface area contributed by atoms with Crippen molar-refractivity contribution >= 4 is 5.91 Å². The molecule has 0 bridgehead atoms. The van der Waals surface area contributed by atoms with Crippen LogP contribution in [0.5, 0.6) is 0 Å². The van der Waals surface area contributed by atoms with Crippen molar-refractivity contribution in [1.29, 1.82) is 0 Å². The highest BCUT2D eigenvalue weighted by molar-refractivity contribution is 5.98. The average molecular weight is 227 g/mol. The van der Waals surface area contributed by atoms with E-state index in [9.17, 15) is 4.79 Å². The van der Waals surface area contributed by atoms with Gasteiger partial charge in [0.25, 0.3) is 5.91 Å². The van der Waals surface area contributed by atoms with Crippen molar-refractivity contribution in [1.82, 2.24) is 4.90 Å². The Kier molecular flexibility index (Phi) is 3.49. The predicted octanol–water partition coefficient (Wildman–Crippen LogP) is 2.62. The molecule has 0 atom stereocenters. The molecule has 0 fully saturated rings. The van der Waals surface area contributed by atoms with E-state index in [1.807, 2.05) is 13.1 Å². The van der Waals surface area contributed by atoms with Crippen LogP contribution in [0.1, 0.15) is 41.3 Å². The fraction of sp³-hybridized carbons (Fsp3) is 0.400. The van der Waals surface area contributed by atoms with Crippen molar-refractivity contribution in [2.45, 2.75) is 32.7 Å². The van der Waals surface area contributed by atoms with Crippen LogP contribution >= 0.6 is 0 Å². The van der Waals surface area contributed by atoms with Crippen molar-refractivity contribution < 1.29 is 4.79 Å². The molecular weight excluding hydrogens is 210 g/mol. The number of hydrogen-bond acceptors (Lipinski definition) is 1. The quantitative estimate of drug-likeness (QED) is 0.711. The van der Waals surface area contributed by atoms with Gasteiger partial charge in [-0.2, -0.15) is 0 Å². The molecule has 0 spiro atoms. The zero-order valence-electron chi connectivity index (χ0n) is 10.4. The second-order valence-corrected chi connectivity index (χ2v) is 4.36. The molecule has 1 amide bonds. The van der Waals surface area contributed by atoms with Gasteiger partial charge >= 0.3 is 0 Å². The number of benzene rings is 1. The first kappa shape index (κ1) is 11.7. The van der Waals surface area contributed by atoms with Gasteiger partial charge in [0.1, 0.15) is 0 Å². The van der Waals surface area contributed by atoms with Crippen LogP contribution in [0.3, 0.4) is 0 Å². The second kappa shape index (κ2) is 5.05. The maximum absolute atomic E-state index is 11.8. The molecule has 0 saturated heterocycles. The first-order valence-corrected chi connectivity index (χ1v) is 6.05. The number of carbonyl (C=O) groups excluding carboxylic acids is 1. The Morgan fingerprint density at radius 1 is 1.35 bits per heavy atom. The molecular formula is C15H17NO. The van der Waals surface area contributed by atoms with Crippen molar-refractivity contribution in [2.75, 3.05) is 7.05 Å². The highest BCUT2D eigenvalue weighted by Crippen LogP contribution is 2.22. The van der Waals surface area contributed by atoms with Gasteiger partial charge in [-0.15, -0.1) is 11.8 Å². The van der Waals surface area contributed by atoms with Gasteiger partial charge in [0, 0.05) is 32.0 Å². The molecule has 1 heterocycles. The molecule has 0 unspecified atom stereocenters. The Balaban J connectivity index is 2.10. The first-order valence-electron chi connectivity index (χ1n) is 6.05. The summed E-state index contributed by atoms with van der Waals surface area (Å²) >= 11 is 0. The molecule has 2 heteroatoms. The maximum Gasteiger partial charge on any atom is 0.254 e. The number of fused-ring (bicyclic) bond motifs is 1. The molecule has 1 aliphatic rings. The lowest BCUT2D eigenvalue weighted by Crippen LogP contribution is -2.17. The fourth-order valence-electron chi connectivity index (χ4n) is 2.07. The smallest absolute Gasteiger partial charge is 0.254 e. The van der Waals surface area contributed by atoms with Gasteiger partial charge in [0.2, 0.25) is 0 Å². The number of amides is 1. The average Bonchev–Trinajstić information content (AvgIpc) is 2.61. The van der Waals surface area contributed by atoms with E-state index in [-0.39, 0.29) is 5.91 Å². The summed E-state index contributed by atoms with van der Waals surface area (Å²) in [6, 6.07) is 6.20. The summed E-state index contributed by atoms with van der Waals surface area (Å²) in [7, 11) is 1.84. The van der Waals surface area contributed by atoms with Crippen LogP contribution in [0.2, 0.25) is 0 Å². The van der Waals surface area contributed by atoms with Gasteiger partial charge in [0.05, 0.1) is 0 Å². The Morgan fingerprint density at radius 2 is 2.18 bits per heavy atom. The third-order valence-corrected chi connectivity index (χ3v) is 3.00. The molecule has 0 aromatic heterocycles. The summed E-state index contributed by atoms with van der Waals surface area (Å²) < 4.78 is 0. The minimum Gasteiger partial charge on any atom is -0.337 e. The monoisotopic (exact) mass is 227 g/mol. The number of aryl methyl sites for hydroxylation is 1. The van der Waals surface area contributed by atoms with Gasteiger partial charge in [-0.25, -0.2) is 0 Å². The molecule has 0 aliphatic carbocycles. The van der Waals surface area contributed by atoms with Crippen molar-refractivity contribution in [3.8, 4) is 11.8 Å². The first-order chi connectivity index (χ1) is 8.22. The summed E-state index contributed by atoms with van der Waals surface area (Å²) in [6.07, 6.45) is 2.71. The highest BCUT2D eigenvalue weighted by Gasteiger charge is 2.23. The Bertz CT molecular complexity index is 493. The molecule has 2 rings (SSSR count). The van der Waals surface area contributed by atoms with Crippen molar-refractivity contribution in [3.05, 3.63) is 34.9 Å². The topological polar surface area (TPSA) is 20.3 Å². The molecule has 17 heavy (non-hydrogen) atoms. The lowest BCUT2D eigenvalue weighted by molar-refractivity contribution is 0.0816. The highest BCUT2D eigenvalue weighted by atomic mass is 16.2. The summed E-state index contributed by atoms with van der Waals surface area (Å²) in [5.41, 5.74) is 3.21. The zero-order chi connectivity index (χ0) is 12.3. The largest absolute Gasteiger partial charge is 0.337 e. The van der Waals surface area contributed by atoms with Crippen LogP contribution in [0.25, 0.3) is 0 Å². The molecule has 0 N–H and O–H groups in total. The molecule has 2 nitrogen and oxygen atoms in total. The van der Waals surface area contributed by atoms with Crippen LogP contribution in [-0.4, -0.2) is 17.9 Å². The summed E-state index contributed by atoms with van der Waals surface area (Å²) in [4.78, 5) is 13.6. The summed E-state index contributed by atoms with van der Waals surface area (Å²) in [6.45, 7) is 2.79. The van der Waals surface area contributed by atoms with E-state index in [1.54, 1.807) is 4.90 Å². The van der Waals surface area contributed by atoms with Gasteiger partial charge in [-0.1, -0.05) is 19.1 Å². The van der Waals surface area contributed by atoms with Gasteiger partial charge in [0.15, 0.2) is 0 Å². The SMILES string of the molecule is CCC#CCCc1ccc2c(c1)C(=O)N(C)C2. The predicted molar refractivity (Wildman–Crippen MR) is 68.6 cm³/mol. The molecule has 0 saturated carbocycles. The van der Waals surface area contributed by atoms with Gasteiger partial charge in [-0.3, -0.25) is 4.79 Å². The zero-order valence-corrected chi connectivity index (χ0v) is 10.4. The van der Waals surface area contributed by atoms with E-state index in [1.165, 1.54) is 5.56 Å².